The first-order valence-electron chi connectivity index (χ1n) is 19.0. The highest BCUT2D eigenvalue weighted by Crippen LogP contribution is 2.30. The normalized spacial score (nSPS) is 11.4. The van der Waals surface area contributed by atoms with Crippen molar-refractivity contribution < 1.29 is 5.11 Å². The highest BCUT2D eigenvalue weighted by atomic mass is 16.3. The van der Waals surface area contributed by atoms with E-state index in [-0.39, 0.29) is 0 Å². The molecule has 0 saturated heterocycles. The van der Waals surface area contributed by atoms with Crippen LogP contribution < -0.4 is 0 Å². The molecule has 0 spiro atoms. The molecule has 7 nitrogen and oxygen atoms in total. The van der Waals surface area contributed by atoms with Gasteiger partial charge in [-0.2, -0.15) is 0 Å². The molecule has 5 rings (SSSR count). The van der Waals surface area contributed by atoms with Gasteiger partial charge in [-0.15, -0.1) is 0 Å². The van der Waals surface area contributed by atoms with Gasteiger partial charge in [0.05, 0.1) is 22.8 Å². The lowest BCUT2D eigenvalue weighted by Crippen LogP contribution is -2.25. The molecule has 0 saturated carbocycles. The summed E-state index contributed by atoms with van der Waals surface area (Å²) in [6.07, 6.45) is 21.5. The van der Waals surface area contributed by atoms with Crippen molar-refractivity contribution in [3.63, 3.8) is 0 Å². The van der Waals surface area contributed by atoms with Crippen molar-refractivity contribution in [2.75, 3.05) is 0 Å². The lowest BCUT2D eigenvalue weighted by atomic mass is 9.98. The van der Waals surface area contributed by atoms with Gasteiger partial charge in [0.25, 0.3) is 0 Å². The summed E-state index contributed by atoms with van der Waals surface area (Å²) in [5.74, 6) is 0.362. The SMILES string of the molecule is CCCCCCCCCCCCc1cc(CN(Cc2ccccn2)Cc2ccccn2)c(O)c(CN(Cc2ccccn2)Cc2ccccn2)c1. The number of benzene rings is 1. The van der Waals surface area contributed by atoms with Crippen LogP contribution in [0.3, 0.4) is 0 Å². The zero-order valence-corrected chi connectivity index (χ0v) is 30.5. The molecule has 1 N–H and O–H groups in total. The number of rotatable bonds is 23. The standard InChI is InChI=1S/C44H56N6O/c1-2-3-4-5-6-7-8-9-10-11-20-37-29-38(31-49(33-40-21-12-16-25-45-40)34-41-22-13-17-26-46-41)44(51)39(30-37)32-50(35-42-23-14-18-27-47-42)36-43-24-15-19-28-48-43/h12-19,21-30,51H,2-11,20,31-36H2,1H3. The molecule has 0 unspecified atom stereocenters. The lowest BCUT2D eigenvalue weighted by Gasteiger charge is -2.26. The predicted octanol–water partition coefficient (Wildman–Crippen LogP) is 9.84. The van der Waals surface area contributed by atoms with Crippen molar-refractivity contribution in [3.05, 3.63) is 149 Å². The van der Waals surface area contributed by atoms with Gasteiger partial charge in [0, 0.05) is 75.2 Å². The number of phenols is 1. The van der Waals surface area contributed by atoms with Crippen LogP contribution in [0.5, 0.6) is 5.75 Å². The Bertz CT molecular complexity index is 1460. The average Bonchev–Trinajstić information content (AvgIpc) is 3.16. The van der Waals surface area contributed by atoms with Crippen molar-refractivity contribution in [1.82, 2.24) is 29.7 Å². The van der Waals surface area contributed by atoms with E-state index in [2.05, 4.69) is 73.1 Å². The van der Waals surface area contributed by atoms with E-state index in [1.807, 2.05) is 73.3 Å². The topological polar surface area (TPSA) is 78.3 Å². The molecule has 4 aromatic heterocycles. The third-order valence-electron chi connectivity index (χ3n) is 9.38. The zero-order valence-electron chi connectivity index (χ0n) is 30.5. The third kappa shape index (κ3) is 13.6. The van der Waals surface area contributed by atoms with Crippen LogP contribution in [0.1, 0.15) is 111 Å². The number of aromatic hydroxyl groups is 1. The summed E-state index contributed by atoms with van der Waals surface area (Å²) in [5, 5.41) is 12.0. The first-order valence-corrected chi connectivity index (χ1v) is 19.0. The molecule has 0 radical (unpaired) electrons. The molecule has 0 aliphatic rings. The Kier molecular flexibility index (Phi) is 16.1. The van der Waals surface area contributed by atoms with E-state index in [0.717, 1.165) is 46.7 Å². The average molecular weight is 685 g/mol. The van der Waals surface area contributed by atoms with Gasteiger partial charge >= 0.3 is 0 Å². The molecule has 4 heterocycles. The fourth-order valence-electron chi connectivity index (χ4n) is 6.73. The van der Waals surface area contributed by atoms with Gasteiger partial charge in [-0.3, -0.25) is 29.7 Å². The van der Waals surface area contributed by atoms with E-state index in [0.29, 0.717) is 45.0 Å². The van der Waals surface area contributed by atoms with Gasteiger partial charge in [0.1, 0.15) is 5.75 Å². The molecule has 268 valence electrons. The van der Waals surface area contributed by atoms with E-state index in [1.54, 1.807) is 0 Å². The highest BCUT2D eigenvalue weighted by molar-refractivity contribution is 5.44. The van der Waals surface area contributed by atoms with Crippen molar-refractivity contribution in [3.8, 4) is 5.75 Å². The van der Waals surface area contributed by atoms with Crippen LogP contribution >= 0.6 is 0 Å². The van der Waals surface area contributed by atoms with Gasteiger partial charge < -0.3 is 5.11 Å². The van der Waals surface area contributed by atoms with E-state index in [4.69, 9.17) is 0 Å². The quantitative estimate of drug-likeness (QED) is 0.0687. The molecule has 1 aromatic carbocycles. The van der Waals surface area contributed by atoms with Gasteiger partial charge in [0.2, 0.25) is 0 Å². The Morgan fingerprint density at radius 2 is 0.804 bits per heavy atom. The summed E-state index contributed by atoms with van der Waals surface area (Å²) < 4.78 is 0. The molecule has 0 aliphatic carbocycles. The molecule has 0 bridgehead atoms. The fraction of sp³-hybridized carbons (Fsp3) is 0.409. The molecule has 7 heteroatoms. The van der Waals surface area contributed by atoms with Crippen molar-refractivity contribution in [2.24, 2.45) is 0 Å². The largest absolute Gasteiger partial charge is 0.507 e. The van der Waals surface area contributed by atoms with E-state index < -0.39 is 0 Å². The minimum atomic E-state index is 0.362. The second kappa shape index (κ2) is 21.7. The monoisotopic (exact) mass is 684 g/mol. The van der Waals surface area contributed by atoms with Crippen molar-refractivity contribution in [2.45, 2.75) is 117 Å². The maximum absolute atomic E-state index is 12.0. The summed E-state index contributed by atoms with van der Waals surface area (Å²) in [6.45, 7) is 6.05. The first kappa shape index (κ1) is 37.8. The van der Waals surface area contributed by atoms with Gasteiger partial charge in [0.15, 0.2) is 0 Å². The predicted molar refractivity (Wildman–Crippen MR) is 207 cm³/mol. The number of aromatic nitrogens is 4. The van der Waals surface area contributed by atoms with Gasteiger partial charge in [-0.25, -0.2) is 0 Å². The Hall–Kier alpha value is -4.46. The van der Waals surface area contributed by atoms with Gasteiger partial charge in [-0.05, 0) is 66.9 Å². The highest BCUT2D eigenvalue weighted by Gasteiger charge is 2.19. The molecule has 5 aromatic rings. The van der Waals surface area contributed by atoms with Crippen molar-refractivity contribution in [1.29, 1.82) is 0 Å². The Labute approximate surface area is 305 Å². The number of phenolic OH excluding ortho intramolecular Hbond substituents is 1. The number of pyridine rings is 4. The Balaban J connectivity index is 1.36. The van der Waals surface area contributed by atoms with Crippen LogP contribution in [0.25, 0.3) is 0 Å². The summed E-state index contributed by atoms with van der Waals surface area (Å²) in [7, 11) is 0. The van der Waals surface area contributed by atoms with Crippen LogP contribution in [0.2, 0.25) is 0 Å². The van der Waals surface area contributed by atoms with E-state index in [9.17, 15) is 5.11 Å². The lowest BCUT2D eigenvalue weighted by molar-refractivity contribution is 0.231. The maximum atomic E-state index is 12.0. The molecule has 0 fully saturated rings. The minimum Gasteiger partial charge on any atom is -0.507 e. The molecule has 51 heavy (non-hydrogen) atoms. The number of hydrogen-bond acceptors (Lipinski definition) is 7. The first-order chi connectivity index (χ1) is 25.2. The molecule has 0 atom stereocenters. The fourth-order valence-corrected chi connectivity index (χ4v) is 6.73. The molecule has 0 aliphatic heterocycles. The van der Waals surface area contributed by atoms with Crippen LogP contribution in [0.4, 0.5) is 0 Å². The van der Waals surface area contributed by atoms with Crippen LogP contribution in [0, 0.1) is 0 Å². The third-order valence-corrected chi connectivity index (χ3v) is 9.38. The second-order valence-corrected chi connectivity index (χ2v) is 13.8. The van der Waals surface area contributed by atoms with E-state index >= 15 is 0 Å². The Morgan fingerprint density at radius 3 is 1.14 bits per heavy atom. The second-order valence-electron chi connectivity index (χ2n) is 13.8. The van der Waals surface area contributed by atoms with Gasteiger partial charge in [-0.1, -0.05) is 101 Å². The zero-order chi connectivity index (χ0) is 35.4. The number of aryl methyl sites for hydroxylation is 1. The Morgan fingerprint density at radius 1 is 0.451 bits per heavy atom. The van der Waals surface area contributed by atoms with Crippen LogP contribution in [-0.4, -0.2) is 34.8 Å². The molecular weight excluding hydrogens is 629 g/mol. The number of hydrogen-bond donors (Lipinski definition) is 1. The summed E-state index contributed by atoms with van der Waals surface area (Å²) in [6, 6.07) is 28.6. The molecule has 0 amide bonds. The van der Waals surface area contributed by atoms with Crippen molar-refractivity contribution >= 4 is 0 Å². The van der Waals surface area contributed by atoms with E-state index in [1.165, 1.54) is 63.4 Å². The minimum absolute atomic E-state index is 0.362. The number of nitrogens with zero attached hydrogens (tertiary/aromatic N) is 6. The maximum Gasteiger partial charge on any atom is 0.124 e. The van der Waals surface area contributed by atoms with Crippen LogP contribution in [-0.2, 0) is 45.7 Å². The summed E-state index contributed by atoms with van der Waals surface area (Å²) in [5.41, 5.74) is 7.13. The molecular formula is C44H56N6O. The summed E-state index contributed by atoms with van der Waals surface area (Å²) >= 11 is 0. The summed E-state index contributed by atoms with van der Waals surface area (Å²) in [4.78, 5) is 23.2. The smallest absolute Gasteiger partial charge is 0.124 e. The number of unbranched alkanes of at least 4 members (excludes halogenated alkanes) is 9. The van der Waals surface area contributed by atoms with Crippen LogP contribution in [0.15, 0.2) is 110 Å².